The molecule has 7 fully saturated rings. The summed E-state index contributed by atoms with van der Waals surface area (Å²) in [5.41, 5.74) is -11.7. The van der Waals surface area contributed by atoms with Crippen LogP contribution in [0.3, 0.4) is 0 Å². The molecule has 0 bridgehead atoms. The Kier molecular flexibility index (Phi) is 10.5. The van der Waals surface area contributed by atoms with E-state index in [4.69, 9.17) is 9.47 Å². The van der Waals surface area contributed by atoms with Crippen LogP contribution in [0.1, 0.15) is 89.9 Å². The molecule has 7 rings (SSSR count). The minimum atomic E-state index is -6.25. The summed E-state index contributed by atoms with van der Waals surface area (Å²) >= 11 is 0. The maximum absolute atomic E-state index is 13.2. The van der Waals surface area contributed by atoms with Crippen LogP contribution in [0.5, 0.6) is 0 Å². The number of carbonyl (C=O) groups is 4. The number of rotatable bonds is 8. The van der Waals surface area contributed by atoms with Crippen LogP contribution in [0.4, 0.5) is 26.3 Å². The van der Waals surface area contributed by atoms with Crippen molar-refractivity contribution in [2.45, 2.75) is 125 Å². The lowest BCUT2D eigenvalue weighted by Gasteiger charge is -2.53. The van der Waals surface area contributed by atoms with Crippen LogP contribution in [-0.4, -0.2) is 86.0 Å². The molecule has 0 aromatic carbocycles. The number of hydrogen-bond donors (Lipinski definition) is 0. The number of piperidine rings is 2. The van der Waals surface area contributed by atoms with E-state index in [1.54, 1.807) is 0 Å². The van der Waals surface area contributed by atoms with Crippen molar-refractivity contribution in [2.24, 2.45) is 47.3 Å². The molecule has 4 amide bonds. The highest BCUT2D eigenvalue weighted by molar-refractivity contribution is 7.87. The summed E-state index contributed by atoms with van der Waals surface area (Å²) in [6, 6.07) is 0. The lowest BCUT2D eigenvalue weighted by Crippen LogP contribution is -2.61. The third kappa shape index (κ3) is 6.97. The topological polar surface area (TPSA) is 180 Å². The predicted octanol–water partition coefficient (Wildman–Crippen LogP) is 4.25. The maximum Gasteiger partial charge on any atom is 0.525 e. The van der Waals surface area contributed by atoms with Gasteiger partial charge in [-0.1, -0.05) is 12.8 Å². The van der Waals surface area contributed by atoms with Gasteiger partial charge in [-0.15, -0.1) is 18.7 Å². The summed E-state index contributed by atoms with van der Waals surface area (Å²) < 4.78 is 146. The first-order chi connectivity index (χ1) is 25.2. The molecule has 0 radical (unpaired) electrons. The van der Waals surface area contributed by atoms with Crippen LogP contribution in [-0.2, 0) is 57.5 Å². The Morgan fingerprint density at radius 3 is 1.17 bits per heavy atom. The van der Waals surface area contributed by atoms with Crippen molar-refractivity contribution in [3.05, 3.63) is 0 Å². The Bertz CT molecular complexity index is 1600. The summed E-state index contributed by atoms with van der Waals surface area (Å²) in [7, 11) is -12.5. The van der Waals surface area contributed by atoms with Gasteiger partial charge in [0.05, 0.1) is 24.4 Å². The standard InChI is InChI=1S/C32H40F6N2O12S2/c33-31(34,35)53(45,46)51-39-27(41)19-8-2-6-17-23(12-10-21(25(17)19)29(39)43)49-15-4-1-5-16(14-15)50-24-13-11-22-26-18(24)7-3-9-20(26)28(42)40(30(22)44)52-54(47,48)32(36,37)38/h15-26H,1-14H2. The fourth-order valence-corrected chi connectivity index (χ4v) is 11.5. The Balaban J connectivity index is 0.987. The van der Waals surface area contributed by atoms with Crippen molar-refractivity contribution in [1.82, 2.24) is 10.1 Å². The van der Waals surface area contributed by atoms with Gasteiger partial charge >= 0.3 is 31.3 Å². The molecule has 2 heterocycles. The van der Waals surface area contributed by atoms with E-state index in [9.17, 15) is 62.4 Å². The number of imide groups is 2. The molecule has 7 aliphatic rings. The number of halogens is 6. The summed E-state index contributed by atoms with van der Waals surface area (Å²) in [5.74, 6) is -9.75. The summed E-state index contributed by atoms with van der Waals surface area (Å²) in [5, 5.41) is -0.435. The molecule has 22 heteroatoms. The third-order valence-electron chi connectivity index (χ3n) is 12.7. The van der Waals surface area contributed by atoms with Gasteiger partial charge in [0.1, 0.15) is 0 Å². The molecule has 0 aromatic heterocycles. The molecular formula is C32H40F6N2O12S2. The zero-order chi connectivity index (χ0) is 39.1. The van der Waals surface area contributed by atoms with Crippen molar-refractivity contribution in [1.29, 1.82) is 0 Å². The number of ether oxygens (including phenoxy) is 2. The zero-order valence-corrected chi connectivity index (χ0v) is 30.3. The van der Waals surface area contributed by atoms with E-state index in [1.807, 2.05) is 0 Å². The van der Waals surface area contributed by atoms with Crippen LogP contribution >= 0.6 is 0 Å². The molecule has 0 N–H and O–H groups in total. The summed E-state index contributed by atoms with van der Waals surface area (Å²) in [6.45, 7) is 0. The Morgan fingerprint density at radius 2 is 0.815 bits per heavy atom. The van der Waals surface area contributed by atoms with Crippen LogP contribution in [0, 0.1) is 47.3 Å². The van der Waals surface area contributed by atoms with E-state index < -0.39 is 90.4 Å². The minimum absolute atomic E-state index is 0.155. The van der Waals surface area contributed by atoms with Gasteiger partial charge in [0.15, 0.2) is 0 Å². The van der Waals surface area contributed by atoms with E-state index in [0.29, 0.717) is 57.8 Å². The highest BCUT2D eigenvalue weighted by Crippen LogP contribution is 2.54. The molecular weight excluding hydrogens is 782 g/mol. The molecule has 2 aliphatic heterocycles. The largest absolute Gasteiger partial charge is 0.525 e. The number of amides is 4. The molecule has 2 saturated heterocycles. The van der Waals surface area contributed by atoms with E-state index >= 15 is 0 Å². The monoisotopic (exact) mass is 822 g/mol. The first-order valence-electron chi connectivity index (χ1n) is 18.3. The van der Waals surface area contributed by atoms with Gasteiger partial charge in [0.25, 0.3) is 23.6 Å². The molecule has 0 aromatic rings. The van der Waals surface area contributed by atoms with Crippen molar-refractivity contribution >= 4 is 43.9 Å². The van der Waals surface area contributed by atoms with Crippen molar-refractivity contribution in [2.75, 3.05) is 0 Å². The van der Waals surface area contributed by atoms with Gasteiger partial charge in [0.2, 0.25) is 0 Å². The molecule has 14 nitrogen and oxygen atoms in total. The molecule has 5 saturated carbocycles. The van der Waals surface area contributed by atoms with Gasteiger partial charge in [-0.25, -0.2) is 0 Å². The van der Waals surface area contributed by atoms with Crippen molar-refractivity contribution < 1.29 is 80.4 Å². The molecule has 304 valence electrons. The van der Waals surface area contributed by atoms with E-state index in [0.717, 1.165) is 6.42 Å². The lowest BCUT2D eigenvalue weighted by molar-refractivity contribution is -0.207. The van der Waals surface area contributed by atoms with E-state index in [-0.39, 0.29) is 72.1 Å². The zero-order valence-electron chi connectivity index (χ0n) is 28.7. The number of nitrogens with zero attached hydrogens (tertiary/aromatic N) is 2. The second-order valence-corrected chi connectivity index (χ2v) is 18.6. The van der Waals surface area contributed by atoms with E-state index in [1.165, 1.54) is 0 Å². The van der Waals surface area contributed by atoms with Crippen LogP contribution in [0.2, 0.25) is 0 Å². The summed E-state index contributed by atoms with van der Waals surface area (Å²) in [4.78, 5) is 52.9. The molecule has 12 atom stereocenters. The first kappa shape index (κ1) is 39.8. The normalized spacial score (nSPS) is 39.3. The van der Waals surface area contributed by atoms with Crippen LogP contribution < -0.4 is 0 Å². The smallest absolute Gasteiger partial charge is 0.375 e. The predicted molar refractivity (Wildman–Crippen MR) is 166 cm³/mol. The van der Waals surface area contributed by atoms with Gasteiger partial charge in [0, 0.05) is 23.7 Å². The van der Waals surface area contributed by atoms with Crippen molar-refractivity contribution in [3.8, 4) is 0 Å². The second kappa shape index (κ2) is 14.2. The van der Waals surface area contributed by atoms with Crippen LogP contribution in [0.15, 0.2) is 0 Å². The van der Waals surface area contributed by atoms with Crippen LogP contribution in [0.25, 0.3) is 0 Å². The fraction of sp³-hybridized carbons (Fsp3) is 0.875. The first-order valence-corrected chi connectivity index (χ1v) is 21.1. The van der Waals surface area contributed by atoms with E-state index in [2.05, 4.69) is 8.57 Å². The Morgan fingerprint density at radius 1 is 0.481 bits per heavy atom. The lowest BCUT2D eigenvalue weighted by atomic mass is 9.58. The molecule has 5 aliphatic carbocycles. The average Bonchev–Trinajstić information content (AvgIpc) is 3.10. The maximum atomic E-state index is 13.2. The average molecular weight is 823 g/mol. The van der Waals surface area contributed by atoms with Crippen molar-refractivity contribution in [3.63, 3.8) is 0 Å². The van der Waals surface area contributed by atoms with Gasteiger partial charge in [-0.05, 0) is 101 Å². The molecule has 54 heavy (non-hydrogen) atoms. The Labute approximate surface area is 306 Å². The number of hydroxylamine groups is 4. The number of alkyl halides is 6. The SMILES string of the molecule is O=C1C2CCCC3C(OC4CCCC(OC5CCC6C(=O)N(OS(=O)(=O)C(F)(F)F)C(=O)C7CCCC5C76)C4)CCC(C(=O)N1OS(=O)(=O)C(F)(F)F)C23. The van der Waals surface area contributed by atoms with Gasteiger partial charge in [-0.2, -0.15) is 43.2 Å². The fourth-order valence-electron chi connectivity index (χ4n) is 10.6. The Hall–Kier alpha value is -2.40. The summed E-state index contributed by atoms with van der Waals surface area (Å²) in [6.07, 6.45) is 5.06. The highest BCUT2D eigenvalue weighted by Gasteiger charge is 2.61. The minimum Gasteiger partial charge on any atom is -0.375 e. The van der Waals surface area contributed by atoms with Gasteiger partial charge < -0.3 is 9.47 Å². The van der Waals surface area contributed by atoms with Gasteiger partial charge in [-0.3, -0.25) is 19.2 Å². The molecule has 12 unspecified atom stereocenters. The second-order valence-electron chi connectivity index (χ2n) is 15.6. The number of carbonyl (C=O) groups excluding carboxylic acids is 4. The quantitative estimate of drug-likeness (QED) is 0.193. The third-order valence-corrected chi connectivity index (χ3v) is 14.6. The highest BCUT2D eigenvalue weighted by atomic mass is 32.2. The molecule has 0 spiro atoms. The number of hydrogen-bond acceptors (Lipinski definition) is 12.